The Morgan fingerprint density at radius 2 is 1.97 bits per heavy atom. The van der Waals surface area contributed by atoms with Gasteiger partial charge in [-0.25, -0.2) is 0 Å². The lowest BCUT2D eigenvalue weighted by atomic mass is 9.55. The Balaban J connectivity index is 1.24. The Labute approximate surface area is 179 Å². The first-order valence-electron chi connectivity index (χ1n) is 11.4. The number of rotatable bonds is 3. The maximum absolute atomic E-state index is 6.11. The summed E-state index contributed by atoms with van der Waals surface area (Å²) in [6.07, 6.45) is 8.40. The van der Waals surface area contributed by atoms with Crippen LogP contribution in [-0.2, 0) is 31.9 Å². The lowest BCUT2D eigenvalue weighted by Crippen LogP contribution is -2.44. The maximum Gasteiger partial charge on any atom is 0.120 e. The summed E-state index contributed by atoms with van der Waals surface area (Å²) in [5, 5.41) is 4.57. The van der Waals surface area contributed by atoms with Gasteiger partial charge in [0.25, 0.3) is 0 Å². The van der Waals surface area contributed by atoms with Crippen molar-refractivity contribution in [2.75, 3.05) is 0 Å². The molecule has 0 aliphatic heterocycles. The molecule has 0 radical (unpaired) electrons. The molecule has 4 atom stereocenters. The second kappa shape index (κ2) is 6.73. The predicted molar refractivity (Wildman–Crippen MR) is 119 cm³/mol. The van der Waals surface area contributed by atoms with Crippen LogP contribution in [0.3, 0.4) is 0 Å². The summed E-state index contributed by atoms with van der Waals surface area (Å²) in [6, 6.07) is 17.3. The standard InChI is InChI=1S/C27H30N2O/c1-27-13-12-23-22-11-9-21(30-17-18-6-4-3-5-7-18)14-19(22)8-10-24(23)25(27)15-20-16-28-29(2)26(20)27/h3-7,9,11,14,16,23-25H,8,10,12-13,15,17H2,1-2H3/t23-,24-,25+,27+/m1/s1. The average molecular weight is 399 g/mol. The second-order valence-electron chi connectivity index (χ2n) is 9.85. The van der Waals surface area contributed by atoms with Gasteiger partial charge in [-0.2, -0.15) is 5.10 Å². The van der Waals surface area contributed by atoms with E-state index in [-0.39, 0.29) is 0 Å². The van der Waals surface area contributed by atoms with Gasteiger partial charge in [0.05, 0.1) is 6.20 Å². The summed E-state index contributed by atoms with van der Waals surface area (Å²) >= 11 is 0. The van der Waals surface area contributed by atoms with Crippen LogP contribution in [0.25, 0.3) is 0 Å². The number of ether oxygens (including phenoxy) is 1. The van der Waals surface area contributed by atoms with Crippen LogP contribution in [-0.4, -0.2) is 9.78 Å². The number of aromatic nitrogens is 2. The molecule has 0 amide bonds. The maximum atomic E-state index is 6.11. The van der Waals surface area contributed by atoms with Gasteiger partial charge in [0, 0.05) is 18.2 Å². The van der Waals surface area contributed by atoms with E-state index in [1.165, 1.54) is 54.5 Å². The third-order valence-electron chi connectivity index (χ3n) is 8.33. The van der Waals surface area contributed by atoms with Gasteiger partial charge in [-0.15, -0.1) is 0 Å². The van der Waals surface area contributed by atoms with Crippen LogP contribution in [0.4, 0.5) is 0 Å². The molecular weight excluding hydrogens is 368 g/mol. The molecule has 0 spiro atoms. The highest BCUT2D eigenvalue weighted by Gasteiger charge is 2.54. The van der Waals surface area contributed by atoms with Gasteiger partial charge in [0.1, 0.15) is 12.4 Å². The van der Waals surface area contributed by atoms with Crippen molar-refractivity contribution in [1.29, 1.82) is 0 Å². The van der Waals surface area contributed by atoms with Gasteiger partial charge in [0.2, 0.25) is 0 Å². The molecule has 2 aromatic carbocycles. The molecule has 1 aromatic heterocycles. The van der Waals surface area contributed by atoms with Crippen LogP contribution in [0.15, 0.2) is 54.7 Å². The van der Waals surface area contributed by atoms with Crippen molar-refractivity contribution in [3.05, 3.63) is 82.7 Å². The number of benzene rings is 2. The van der Waals surface area contributed by atoms with E-state index in [0.717, 1.165) is 17.6 Å². The van der Waals surface area contributed by atoms with E-state index in [9.17, 15) is 0 Å². The van der Waals surface area contributed by atoms with Crippen LogP contribution in [0.1, 0.15) is 60.1 Å². The zero-order valence-corrected chi connectivity index (χ0v) is 18.0. The molecule has 3 aliphatic carbocycles. The number of hydrogen-bond donors (Lipinski definition) is 0. The highest BCUT2D eigenvalue weighted by atomic mass is 16.5. The highest BCUT2D eigenvalue weighted by molar-refractivity contribution is 5.43. The van der Waals surface area contributed by atoms with E-state index in [1.54, 1.807) is 5.56 Å². The van der Waals surface area contributed by atoms with E-state index in [4.69, 9.17) is 4.74 Å². The lowest BCUT2D eigenvalue weighted by molar-refractivity contribution is 0.100. The van der Waals surface area contributed by atoms with Crippen molar-refractivity contribution < 1.29 is 4.74 Å². The minimum absolute atomic E-state index is 0.304. The van der Waals surface area contributed by atoms with Crippen LogP contribution in [0.5, 0.6) is 5.75 Å². The van der Waals surface area contributed by atoms with Crippen LogP contribution in [0.2, 0.25) is 0 Å². The Bertz CT molecular complexity index is 1090. The molecule has 0 unspecified atom stereocenters. The Morgan fingerprint density at radius 1 is 1.10 bits per heavy atom. The molecule has 1 fully saturated rings. The highest BCUT2D eigenvalue weighted by Crippen LogP contribution is 2.59. The first-order chi connectivity index (χ1) is 14.6. The quantitative estimate of drug-likeness (QED) is 0.577. The molecule has 0 N–H and O–H groups in total. The van der Waals surface area contributed by atoms with Crippen molar-refractivity contribution in [3.8, 4) is 5.75 Å². The molecule has 0 saturated heterocycles. The molecule has 154 valence electrons. The Kier molecular flexibility index (Phi) is 4.09. The van der Waals surface area contributed by atoms with Gasteiger partial charge < -0.3 is 4.74 Å². The minimum Gasteiger partial charge on any atom is -0.489 e. The molecule has 3 nitrogen and oxygen atoms in total. The fraction of sp³-hybridized carbons (Fsp3) is 0.444. The van der Waals surface area contributed by atoms with Gasteiger partial charge in [-0.3, -0.25) is 4.68 Å². The van der Waals surface area contributed by atoms with Crippen LogP contribution >= 0.6 is 0 Å². The van der Waals surface area contributed by atoms with Crippen LogP contribution < -0.4 is 4.74 Å². The van der Waals surface area contributed by atoms with Crippen molar-refractivity contribution in [2.24, 2.45) is 18.9 Å². The third kappa shape index (κ3) is 2.67. The summed E-state index contributed by atoms with van der Waals surface area (Å²) in [4.78, 5) is 0. The monoisotopic (exact) mass is 398 g/mol. The van der Waals surface area contributed by atoms with E-state index in [1.807, 2.05) is 6.07 Å². The van der Waals surface area contributed by atoms with Crippen molar-refractivity contribution >= 4 is 0 Å². The molecular formula is C27H30N2O. The number of nitrogens with zero attached hydrogens (tertiary/aromatic N) is 2. The normalized spacial score (nSPS) is 28.9. The predicted octanol–water partition coefficient (Wildman–Crippen LogP) is 5.57. The summed E-state index contributed by atoms with van der Waals surface area (Å²) < 4.78 is 8.27. The fourth-order valence-corrected chi connectivity index (χ4v) is 6.99. The van der Waals surface area contributed by atoms with E-state index >= 15 is 0 Å². The largest absolute Gasteiger partial charge is 0.489 e. The average Bonchev–Trinajstić information content (AvgIpc) is 3.30. The topological polar surface area (TPSA) is 27.1 Å². The fourth-order valence-electron chi connectivity index (χ4n) is 6.99. The first-order valence-corrected chi connectivity index (χ1v) is 11.4. The lowest BCUT2D eigenvalue weighted by Gasteiger charge is -2.49. The van der Waals surface area contributed by atoms with Crippen molar-refractivity contribution in [1.82, 2.24) is 9.78 Å². The summed E-state index contributed by atoms with van der Waals surface area (Å²) in [7, 11) is 2.13. The van der Waals surface area contributed by atoms with Gasteiger partial charge in [-0.05, 0) is 84.2 Å². The van der Waals surface area contributed by atoms with E-state index in [0.29, 0.717) is 17.9 Å². The Morgan fingerprint density at radius 3 is 2.83 bits per heavy atom. The molecule has 30 heavy (non-hydrogen) atoms. The third-order valence-corrected chi connectivity index (χ3v) is 8.33. The van der Waals surface area contributed by atoms with Crippen molar-refractivity contribution in [2.45, 2.75) is 57.0 Å². The molecule has 6 rings (SSSR count). The first kappa shape index (κ1) is 18.2. The molecule has 3 heteroatoms. The number of aryl methyl sites for hydroxylation is 2. The second-order valence-corrected chi connectivity index (χ2v) is 9.85. The van der Waals surface area contributed by atoms with Gasteiger partial charge in [-0.1, -0.05) is 43.3 Å². The van der Waals surface area contributed by atoms with Crippen molar-refractivity contribution in [3.63, 3.8) is 0 Å². The van der Waals surface area contributed by atoms with E-state index < -0.39 is 0 Å². The Hall–Kier alpha value is -2.55. The van der Waals surface area contributed by atoms with Gasteiger partial charge in [0.15, 0.2) is 0 Å². The molecule has 3 aromatic rings. The zero-order chi connectivity index (χ0) is 20.3. The summed E-state index contributed by atoms with van der Waals surface area (Å²) in [5.41, 5.74) is 7.65. The minimum atomic E-state index is 0.304. The molecule has 0 bridgehead atoms. The smallest absolute Gasteiger partial charge is 0.120 e. The molecule has 1 heterocycles. The SMILES string of the molecule is Cn1ncc2c1[C@@]1(C)CC[C@@H]3c4ccc(OCc5ccccc5)cc4CC[C@H]3[C@@H]1C2. The summed E-state index contributed by atoms with van der Waals surface area (Å²) in [5.74, 6) is 3.27. The molecule has 3 aliphatic rings. The van der Waals surface area contributed by atoms with E-state index in [2.05, 4.69) is 72.4 Å². The zero-order valence-electron chi connectivity index (χ0n) is 18.0. The number of fused-ring (bicyclic) bond motifs is 7. The number of hydrogen-bond acceptors (Lipinski definition) is 2. The van der Waals surface area contributed by atoms with Crippen LogP contribution in [0, 0.1) is 11.8 Å². The van der Waals surface area contributed by atoms with Gasteiger partial charge >= 0.3 is 0 Å². The molecule has 1 saturated carbocycles. The summed E-state index contributed by atoms with van der Waals surface area (Å²) in [6.45, 7) is 3.15.